The van der Waals surface area contributed by atoms with Gasteiger partial charge in [-0.3, -0.25) is 0 Å². The molecule has 0 bridgehead atoms. The van der Waals surface area contributed by atoms with Crippen LogP contribution in [0.25, 0.3) is 16.9 Å². The number of aromatic nitrogens is 3. The molecule has 2 aromatic heterocycles. The lowest BCUT2D eigenvalue weighted by atomic mass is 9.98. The highest BCUT2D eigenvalue weighted by atomic mass is 79.9. The predicted molar refractivity (Wildman–Crippen MR) is 142 cm³/mol. The molecule has 0 amide bonds. The molecule has 182 valence electrons. The molecular weight excluding hydrogens is 550 g/mol. The lowest BCUT2D eigenvalue weighted by Gasteiger charge is -2.31. The van der Waals surface area contributed by atoms with Gasteiger partial charge in [0.2, 0.25) is 10.0 Å². The number of piperidine rings is 1. The van der Waals surface area contributed by atoms with Crippen molar-refractivity contribution >= 4 is 49.0 Å². The molecule has 0 unspecified atom stereocenters. The number of aryl methyl sites for hydroxylation is 1. The molecule has 0 saturated carbocycles. The number of rotatable bonds is 6. The van der Waals surface area contributed by atoms with Gasteiger partial charge in [0.05, 0.1) is 21.3 Å². The number of hydrogen-bond acceptors (Lipinski definition) is 5. The summed E-state index contributed by atoms with van der Waals surface area (Å²) >= 11 is 9.96. The van der Waals surface area contributed by atoms with Gasteiger partial charge in [-0.15, -0.1) is 0 Å². The van der Waals surface area contributed by atoms with Crippen LogP contribution in [0.5, 0.6) is 0 Å². The minimum absolute atomic E-state index is 0.338. The Morgan fingerprint density at radius 3 is 2.63 bits per heavy atom. The van der Waals surface area contributed by atoms with E-state index in [9.17, 15) is 8.42 Å². The summed E-state index contributed by atoms with van der Waals surface area (Å²) in [5.41, 5.74) is 3.24. The van der Waals surface area contributed by atoms with Crippen molar-refractivity contribution in [2.45, 2.75) is 24.7 Å². The van der Waals surface area contributed by atoms with E-state index in [4.69, 9.17) is 16.6 Å². The van der Waals surface area contributed by atoms with E-state index in [1.807, 2.05) is 43.3 Å². The summed E-state index contributed by atoms with van der Waals surface area (Å²) in [4.78, 5) is 5.11. The van der Waals surface area contributed by atoms with Gasteiger partial charge in [-0.25, -0.2) is 13.4 Å². The number of nitrogens with zero attached hydrogens (tertiary/aromatic N) is 4. The third kappa shape index (κ3) is 4.95. The molecule has 3 heterocycles. The quantitative estimate of drug-likeness (QED) is 0.323. The Morgan fingerprint density at radius 1 is 1.11 bits per heavy atom. The molecule has 1 fully saturated rings. The molecule has 0 aliphatic carbocycles. The molecule has 7 nitrogen and oxygen atoms in total. The SMILES string of the molecule is Cc1cccc(S(=O)(=O)N2CCC(CNc3cc(-c4ccccc4Cl)nc4c(Br)cnn34)CC2)c1. The molecule has 10 heteroatoms. The maximum Gasteiger partial charge on any atom is 0.243 e. The maximum absolute atomic E-state index is 13.1. The Morgan fingerprint density at radius 2 is 1.89 bits per heavy atom. The molecule has 0 radical (unpaired) electrons. The third-order valence-electron chi connectivity index (χ3n) is 6.35. The largest absolute Gasteiger partial charge is 0.370 e. The molecule has 35 heavy (non-hydrogen) atoms. The van der Waals surface area contributed by atoms with E-state index in [-0.39, 0.29) is 0 Å². The van der Waals surface area contributed by atoms with Crippen molar-refractivity contribution in [3.05, 3.63) is 75.9 Å². The first-order chi connectivity index (χ1) is 16.8. The van der Waals surface area contributed by atoms with Crippen molar-refractivity contribution in [3.63, 3.8) is 0 Å². The van der Waals surface area contributed by atoms with E-state index >= 15 is 0 Å². The summed E-state index contributed by atoms with van der Waals surface area (Å²) in [6.45, 7) is 3.62. The Labute approximate surface area is 218 Å². The van der Waals surface area contributed by atoms with E-state index in [2.05, 4.69) is 26.3 Å². The third-order valence-corrected chi connectivity index (χ3v) is 9.13. The van der Waals surface area contributed by atoms with Gasteiger partial charge in [0.1, 0.15) is 5.82 Å². The molecule has 1 aliphatic rings. The molecule has 0 spiro atoms. The summed E-state index contributed by atoms with van der Waals surface area (Å²) in [6.07, 6.45) is 3.29. The van der Waals surface area contributed by atoms with Crippen LogP contribution in [0.3, 0.4) is 0 Å². The second-order valence-electron chi connectivity index (χ2n) is 8.78. The first-order valence-electron chi connectivity index (χ1n) is 11.4. The number of sulfonamides is 1. The van der Waals surface area contributed by atoms with E-state index in [1.165, 1.54) is 0 Å². The average Bonchev–Trinajstić information content (AvgIpc) is 3.24. The number of benzene rings is 2. The lowest BCUT2D eigenvalue weighted by molar-refractivity contribution is 0.282. The number of hydrogen-bond donors (Lipinski definition) is 1. The van der Waals surface area contributed by atoms with E-state index in [0.717, 1.165) is 40.0 Å². The second-order valence-corrected chi connectivity index (χ2v) is 12.0. The Kier molecular flexibility index (Phi) is 6.85. The van der Waals surface area contributed by atoms with Crippen LogP contribution in [-0.4, -0.2) is 47.0 Å². The minimum Gasteiger partial charge on any atom is -0.370 e. The van der Waals surface area contributed by atoms with Crippen LogP contribution in [-0.2, 0) is 10.0 Å². The highest BCUT2D eigenvalue weighted by Crippen LogP contribution is 2.31. The lowest BCUT2D eigenvalue weighted by Crippen LogP contribution is -2.39. The van der Waals surface area contributed by atoms with Gasteiger partial charge in [0.15, 0.2) is 5.65 Å². The van der Waals surface area contributed by atoms with Crippen molar-refractivity contribution < 1.29 is 8.42 Å². The Balaban J connectivity index is 1.30. The minimum atomic E-state index is -3.47. The van der Waals surface area contributed by atoms with E-state index in [1.54, 1.807) is 33.2 Å². The number of nitrogens with one attached hydrogen (secondary N) is 1. The van der Waals surface area contributed by atoms with Crippen LogP contribution >= 0.6 is 27.5 Å². The molecule has 2 aromatic carbocycles. The van der Waals surface area contributed by atoms with Crippen molar-refractivity contribution in [2.75, 3.05) is 25.0 Å². The maximum atomic E-state index is 13.1. The van der Waals surface area contributed by atoms with Crippen LogP contribution in [0, 0.1) is 12.8 Å². The van der Waals surface area contributed by atoms with Gasteiger partial charge in [-0.2, -0.15) is 13.9 Å². The van der Waals surface area contributed by atoms with Gasteiger partial charge in [-0.05, 0) is 65.4 Å². The van der Waals surface area contributed by atoms with Crippen molar-refractivity contribution in [1.82, 2.24) is 18.9 Å². The zero-order chi connectivity index (χ0) is 24.6. The summed E-state index contributed by atoms with van der Waals surface area (Å²) < 4.78 is 30.3. The summed E-state index contributed by atoms with van der Waals surface area (Å²) in [5.74, 6) is 1.15. The molecule has 1 aliphatic heterocycles. The highest BCUT2D eigenvalue weighted by Gasteiger charge is 2.29. The van der Waals surface area contributed by atoms with Gasteiger partial charge < -0.3 is 5.32 Å². The van der Waals surface area contributed by atoms with Crippen LogP contribution in [0.2, 0.25) is 5.02 Å². The number of halogens is 2. The fourth-order valence-electron chi connectivity index (χ4n) is 4.40. The normalized spacial score (nSPS) is 15.5. The monoisotopic (exact) mass is 573 g/mol. The van der Waals surface area contributed by atoms with Gasteiger partial charge in [-0.1, -0.05) is 41.9 Å². The summed E-state index contributed by atoms with van der Waals surface area (Å²) in [6, 6.07) is 16.7. The first-order valence-corrected chi connectivity index (χ1v) is 14.0. The van der Waals surface area contributed by atoms with Crippen LogP contribution in [0.4, 0.5) is 5.82 Å². The van der Waals surface area contributed by atoms with Gasteiger partial charge >= 0.3 is 0 Å². The van der Waals surface area contributed by atoms with Gasteiger partial charge in [0.25, 0.3) is 0 Å². The molecule has 4 aromatic rings. The fourth-order valence-corrected chi connectivity index (χ4v) is 6.55. The van der Waals surface area contributed by atoms with Gasteiger partial charge in [0, 0.05) is 36.3 Å². The first kappa shape index (κ1) is 24.2. The summed E-state index contributed by atoms with van der Waals surface area (Å²) in [5, 5.41) is 8.60. The fraction of sp³-hybridized carbons (Fsp3) is 0.280. The molecule has 1 N–H and O–H groups in total. The standard InChI is InChI=1S/C25H25BrClN5O2S/c1-17-5-4-6-19(13-17)35(33,34)31-11-9-18(10-12-31)15-28-24-14-23(20-7-2-3-8-22(20)27)30-25-21(26)16-29-32(24)25/h2-8,13-14,16,18,28H,9-12,15H2,1H3. The number of fused-ring (bicyclic) bond motifs is 1. The second kappa shape index (κ2) is 9.89. The zero-order valence-electron chi connectivity index (χ0n) is 19.2. The Bertz CT molecular complexity index is 1480. The van der Waals surface area contributed by atoms with Crippen molar-refractivity contribution in [3.8, 4) is 11.3 Å². The van der Waals surface area contributed by atoms with Crippen molar-refractivity contribution in [2.24, 2.45) is 5.92 Å². The molecule has 0 atom stereocenters. The Hall–Kier alpha value is -2.46. The topological polar surface area (TPSA) is 79.6 Å². The average molecular weight is 575 g/mol. The molecular formula is C25H25BrClN5O2S. The predicted octanol–water partition coefficient (Wildman–Crippen LogP) is 5.63. The van der Waals surface area contributed by atoms with Crippen LogP contribution in [0.1, 0.15) is 18.4 Å². The van der Waals surface area contributed by atoms with Crippen LogP contribution in [0.15, 0.2) is 70.2 Å². The summed E-state index contributed by atoms with van der Waals surface area (Å²) in [7, 11) is -3.47. The number of anilines is 1. The van der Waals surface area contributed by atoms with E-state index < -0.39 is 10.0 Å². The molecule has 1 saturated heterocycles. The van der Waals surface area contributed by atoms with E-state index in [0.29, 0.717) is 41.1 Å². The van der Waals surface area contributed by atoms with Crippen LogP contribution < -0.4 is 5.32 Å². The zero-order valence-corrected chi connectivity index (χ0v) is 22.3. The highest BCUT2D eigenvalue weighted by molar-refractivity contribution is 9.10. The molecule has 5 rings (SSSR count). The van der Waals surface area contributed by atoms with Crippen molar-refractivity contribution in [1.29, 1.82) is 0 Å². The smallest absolute Gasteiger partial charge is 0.243 e.